The average molecular weight is 535 g/mol. The fourth-order valence-electron chi connectivity index (χ4n) is 3.59. The zero-order valence-corrected chi connectivity index (χ0v) is 20.9. The third-order valence-corrected chi connectivity index (χ3v) is 6.09. The standard InChI is InChI=1S/C26H23BrN4O4/c1-15-6-4-9-21(16(15)2)29-24(32)23-13-17-12-18(27)10-11-22(17)31(23)30-26(34)25(33)28-19-7-5-8-20(14-19)35-3/h4-14H,1-3H3,(H,28,33)(H,29,32)(H,30,34). The Morgan fingerprint density at radius 1 is 0.886 bits per heavy atom. The Labute approximate surface area is 210 Å². The van der Waals surface area contributed by atoms with Gasteiger partial charge in [0, 0.05) is 27.3 Å². The summed E-state index contributed by atoms with van der Waals surface area (Å²) in [5.74, 6) is -1.72. The molecular weight excluding hydrogens is 512 g/mol. The molecular formula is C26H23BrN4O4. The Kier molecular flexibility index (Phi) is 6.88. The van der Waals surface area contributed by atoms with Gasteiger partial charge in [0.15, 0.2) is 0 Å². The van der Waals surface area contributed by atoms with E-state index in [1.807, 2.05) is 38.1 Å². The van der Waals surface area contributed by atoms with Gasteiger partial charge in [-0.25, -0.2) is 4.68 Å². The van der Waals surface area contributed by atoms with Gasteiger partial charge in [0.1, 0.15) is 11.4 Å². The molecule has 3 aromatic carbocycles. The summed E-state index contributed by atoms with van der Waals surface area (Å²) in [7, 11) is 1.51. The second kappa shape index (κ2) is 10.0. The molecule has 0 unspecified atom stereocenters. The SMILES string of the molecule is COc1cccc(NC(=O)C(=O)Nn2c(C(=O)Nc3cccc(C)c3C)cc3cc(Br)ccc32)c1. The highest BCUT2D eigenvalue weighted by Gasteiger charge is 2.22. The number of carbonyl (C=O) groups excluding carboxylic acids is 3. The molecule has 3 amide bonds. The summed E-state index contributed by atoms with van der Waals surface area (Å²) in [4.78, 5) is 38.6. The van der Waals surface area contributed by atoms with Crippen molar-refractivity contribution in [1.29, 1.82) is 0 Å². The molecule has 178 valence electrons. The molecule has 4 aromatic rings. The number of nitrogens with one attached hydrogen (secondary N) is 3. The Balaban J connectivity index is 1.63. The normalized spacial score (nSPS) is 10.6. The van der Waals surface area contributed by atoms with Crippen molar-refractivity contribution in [2.24, 2.45) is 0 Å². The molecule has 0 spiro atoms. The molecule has 0 saturated carbocycles. The number of amides is 3. The van der Waals surface area contributed by atoms with Crippen molar-refractivity contribution in [2.75, 3.05) is 23.2 Å². The second-order valence-electron chi connectivity index (χ2n) is 7.90. The van der Waals surface area contributed by atoms with Crippen molar-refractivity contribution < 1.29 is 19.1 Å². The number of aryl methyl sites for hydroxylation is 1. The summed E-state index contributed by atoms with van der Waals surface area (Å²) in [5.41, 5.74) is 6.32. The lowest BCUT2D eigenvalue weighted by molar-refractivity contribution is -0.133. The highest BCUT2D eigenvalue weighted by atomic mass is 79.9. The van der Waals surface area contributed by atoms with Gasteiger partial charge in [-0.3, -0.25) is 19.8 Å². The number of benzene rings is 3. The lowest BCUT2D eigenvalue weighted by atomic mass is 10.1. The molecule has 4 rings (SSSR count). The van der Waals surface area contributed by atoms with E-state index in [1.165, 1.54) is 11.8 Å². The molecule has 0 aliphatic heterocycles. The molecule has 0 bridgehead atoms. The Bertz CT molecular complexity index is 1460. The van der Waals surface area contributed by atoms with Crippen LogP contribution in [0, 0.1) is 13.8 Å². The molecule has 9 heteroatoms. The topological polar surface area (TPSA) is 101 Å². The highest BCUT2D eigenvalue weighted by Crippen LogP contribution is 2.25. The van der Waals surface area contributed by atoms with Crippen molar-refractivity contribution in [3.8, 4) is 5.75 Å². The van der Waals surface area contributed by atoms with E-state index in [-0.39, 0.29) is 5.69 Å². The van der Waals surface area contributed by atoms with Crippen molar-refractivity contribution >= 4 is 55.9 Å². The van der Waals surface area contributed by atoms with Gasteiger partial charge in [-0.15, -0.1) is 0 Å². The maximum Gasteiger partial charge on any atom is 0.328 e. The highest BCUT2D eigenvalue weighted by molar-refractivity contribution is 9.10. The molecule has 0 radical (unpaired) electrons. The summed E-state index contributed by atoms with van der Waals surface area (Å²) in [6.45, 7) is 3.88. The Morgan fingerprint density at radius 2 is 1.66 bits per heavy atom. The number of rotatable bonds is 5. The maximum absolute atomic E-state index is 13.3. The van der Waals surface area contributed by atoms with Crippen LogP contribution >= 0.6 is 15.9 Å². The van der Waals surface area contributed by atoms with Crippen LogP contribution < -0.4 is 20.8 Å². The van der Waals surface area contributed by atoms with E-state index in [9.17, 15) is 14.4 Å². The Hall–Kier alpha value is -4.11. The minimum absolute atomic E-state index is 0.168. The number of halogens is 1. The summed E-state index contributed by atoms with van der Waals surface area (Å²) in [6.07, 6.45) is 0. The molecule has 8 nitrogen and oxygen atoms in total. The van der Waals surface area contributed by atoms with Gasteiger partial charge in [-0.05, 0) is 67.4 Å². The van der Waals surface area contributed by atoms with Gasteiger partial charge in [0.05, 0.1) is 12.6 Å². The lowest BCUT2D eigenvalue weighted by Crippen LogP contribution is -2.36. The third kappa shape index (κ3) is 5.20. The van der Waals surface area contributed by atoms with Gasteiger partial charge in [-0.1, -0.05) is 34.1 Å². The van der Waals surface area contributed by atoms with Gasteiger partial charge in [0.25, 0.3) is 5.91 Å². The Morgan fingerprint density at radius 3 is 2.43 bits per heavy atom. The maximum atomic E-state index is 13.3. The smallest absolute Gasteiger partial charge is 0.328 e. The first-order valence-electron chi connectivity index (χ1n) is 10.7. The van der Waals surface area contributed by atoms with Crippen molar-refractivity contribution in [3.63, 3.8) is 0 Å². The number of anilines is 2. The summed E-state index contributed by atoms with van der Waals surface area (Å²) >= 11 is 3.43. The van der Waals surface area contributed by atoms with Crippen LogP contribution in [0.15, 0.2) is 71.2 Å². The number of nitrogens with zero attached hydrogens (tertiary/aromatic N) is 1. The number of methoxy groups -OCH3 is 1. The van der Waals surface area contributed by atoms with Crippen LogP contribution in [0.2, 0.25) is 0 Å². The first-order valence-corrected chi connectivity index (χ1v) is 11.5. The fraction of sp³-hybridized carbons (Fsp3) is 0.115. The monoisotopic (exact) mass is 534 g/mol. The molecule has 0 aliphatic rings. The zero-order valence-electron chi connectivity index (χ0n) is 19.3. The summed E-state index contributed by atoms with van der Waals surface area (Å²) in [5, 5.41) is 6.14. The molecule has 0 saturated heterocycles. The number of hydrogen-bond donors (Lipinski definition) is 3. The molecule has 0 aliphatic carbocycles. The van der Waals surface area contributed by atoms with Crippen LogP contribution in [-0.2, 0) is 9.59 Å². The van der Waals surface area contributed by atoms with E-state index in [4.69, 9.17) is 4.74 Å². The quantitative estimate of drug-likeness (QED) is 0.314. The predicted octanol–water partition coefficient (Wildman–Crippen LogP) is 4.99. The van der Waals surface area contributed by atoms with Crippen LogP contribution in [0.25, 0.3) is 10.9 Å². The number of hydrogen-bond acceptors (Lipinski definition) is 4. The van der Waals surface area contributed by atoms with E-state index < -0.39 is 17.7 Å². The van der Waals surface area contributed by atoms with E-state index >= 15 is 0 Å². The molecule has 1 heterocycles. The van der Waals surface area contributed by atoms with Crippen LogP contribution in [0.3, 0.4) is 0 Å². The third-order valence-electron chi connectivity index (χ3n) is 5.60. The fourth-order valence-corrected chi connectivity index (χ4v) is 3.97. The molecule has 3 N–H and O–H groups in total. The first-order chi connectivity index (χ1) is 16.8. The van der Waals surface area contributed by atoms with E-state index in [0.717, 1.165) is 15.6 Å². The van der Waals surface area contributed by atoms with Crippen molar-refractivity contribution in [1.82, 2.24) is 4.68 Å². The van der Waals surface area contributed by atoms with Gasteiger partial charge >= 0.3 is 11.8 Å². The zero-order chi connectivity index (χ0) is 25.1. The summed E-state index contributed by atoms with van der Waals surface area (Å²) in [6, 6.07) is 19.3. The number of carbonyl (C=O) groups is 3. The number of fused-ring (bicyclic) bond motifs is 1. The molecule has 0 fully saturated rings. The first kappa shape index (κ1) is 24.0. The molecule has 1 aromatic heterocycles. The van der Waals surface area contributed by atoms with E-state index in [2.05, 4.69) is 32.0 Å². The molecule has 35 heavy (non-hydrogen) atoms. The molecule has 0 atom stereocenters. The minimum Gasteiger partial charge on any atom is -0.497 e. The van der Waals surface area contributed by atoms with Gasteiger partial charge in [-0.2, -0.15) is 0 Å². The van der Waals surface area contributed by atoms with Crippen LogP contribution in [0.4, 0.5) is 11.4 Å². The van der Waals surface area contributed by atoms with Crippen LogP contribution in [0.5, 0.6) is 5.75 Å². The summed E-state index contributed by atoms with van der Waals surface area (Å²) < 4.78 is 7.27. The van der Waals surface area contributed by atoms with E-state index in [1.54, 1.807) is 42.5 Å². The van der Waals surface area contributed by atoms with Crippen molar-refractivity contribution in [3.05, 3.63) is 88.0 Å². The largest absolute Gasteiger partial charge is 0.497 e. The van der Waals surface area contributed by atoms with Gasteiger partial charge in [0.2, 0.25) is 0 Å². The minimum atomic E-state index is -0.936. The predicted molar refractivity (Wildman–Crippen MR) is 139 cm³/mol. The number of aromatic nitrogens is 1. The number of ether oxygens (including phenoxy) is 1. The van der Waals surface area contributed by atoms with Crippen molar-refractivity contribution in [2.45, 2.75) is 13.8 Å². The lowest BCUT2D eigenvalue weighted by Gasteiger charge is -2.14. The van der Waals surface area contributed by atoms with Gasteiger partial charge < -0.3 is 15.4 Å². The van der Waals surface area contributed by atoms with E-state index in [0.29, 0.717) is 28.0 Å². The van der Waals surface area contributed by atoms with Crippen LogP contribution in [0.1, 0.15) is 21.6 Å². The second-order valence-corrected chi connectivity index (χ2v) is 8.81. The average Bonchev–Trinajstić information content (AvgIpc) is 3.19. The van der Waals surface area contributed by atoms with Crippen LogP contribution in [-0.4, -0.2) is 29.5 Å².